The van der Waals surface area contributed by atoms with Crippen molar-refractivity contribution in [3.05, 3.63) is 44.1 Å². The Balaban J connectivity index is 2.60. The minimum absolute atomic E-state index is 0.119. The number of hydrogen-bond acceptors (Lipinski definition) is 4. The fraction of sp³-hybridized carbons (Fsp3) is 0.333. The molecule has 1 aromatic carbocycles. The van der Waals surface area contributed by atoms with Crippen LogP contribution >= 0.6 is 27.3 Å². The van der Waals surface area contributed by atoms with Crippen LogP contribution in [0.3, 0.4) is 0 Å². The molecule has 0 spiro atoms. The molecule has 24 heavy (non-hydrogen) atoms. The Hall–Kier alpha value is -2.09. The lowest BCUT2D eigenvalue weighted by Crippen LogP contribution is -2.45. The van der Waals surface area contributed by atoms with Crippen molar-refractivity contribution in [1.29, 1.82) is 0 Å². The van der Waals surface area contributed by atoms with Gasteiger partial charge in [0.1, 0.15) is 0 Å². The number of aromatic nitrogens is 1. The molecule has 0 radical (unpaired) electrons. The summed E-state index contributed by atoms with van der Waals surface area (Å²) in [4.78, 5) is 20.9. The monoisotopic (exact) mass is 409 g/mol. The number of thiazole rings is 1. The molecule has 0 aliphatic carbocycles. The summed E-state index contributed by atoms with van der Waals surface area (Å²) in [6, 6.07) is 7.53. The number of nitrogens with zero attached hydrogens (tertiary/aromatic N) is 5. The smallest absolute Gasteiger partial charge is 0.414 e. The van der Waals surface area contributed by atoms with E-state index in [1.807, 2.05) is 24.3 Å². The van der Waals surface area contributed by atoms with E-state index in [1.165, 1.54) is 16.2 Å². The normalized spacial score (nSPS) is 11.0. The molecule has 1 amide bonds. The second-order valence-electron chi connectivity index (χ2n) is 5.96. The Morgan fingerprint density at radius 1 is 1.50 bits per heavy atom. The molecule has 2 rings (SSSR count). The van der Waals surface area contributed by atoms with Crippen LogP contribution in [0.5, 0.6) is 0 Å². The van der Waals surface area contributed by atoms with Crippen molar-refractivity contribution in [2.24, 2.45) is 5.11 Å². The lowest BCUT2D eigenvalue weighted by atomic mass is 10.1. The van der Waals surface area contributed by atoms with E-state index in [9.17, 15) is 9.90 Å². The van der Waals surface area contributed by atoms with Gasteiger partial charge in [-0.25, -0.2) is 14.7 Å². The Kier molecular flexibility index (Phi) is 5.48. The van der Waals surface area contributed by atoms with Gasteiger partial charge in [0, 0.05) is 25.4 Å². The van der Waals surface area contributed by atoms with Crippen molar-refractivity contribution in [2.45, 2.75) is 32.9 Å². The summed E-state index contributed by atoms with van der Waals surface area (Å²) >= 11 is 4.63. The van der Waals surface area contributed by atoms with Crippen LogP contribution in [0.15, 0.2) is 33.9 Å². The molecule has 1 heterocycles. The van der Waals surface area contributed by atoms with Gasteiger partial charge in [-0.2, -0.15) is 0 Å². The molecule has 0 unspecified atom stereocenters. The molecule has 126 valence electrons. The summed E-state index contributed by atoms with van der Waals surface area (Å²) in [5.41, 5.74) is 9.40. The fourth-order valence-corrected chi connectivity index (χ4v) is 3.74. The van der Waals surface area contributed by atoms with Crippen LogP contribution in [-0.2, 0) is 6.54 Å². The van der Waals surface area contributed by atoms with Gasteiger partial charge in [0.25, 0.3) is 0 Å². The molecular weight excluding hydrogens is 394 g/mol. The van der Waals surface area contributed by atoms with Crippen molar-refractivity contribution in [1.82, 2.24) is 4.98 Å². The number of benzene rings is 1. The number of rotatable bonds is 4. The predicted molar refractivity (Wildman–Crippen MR) is 98.4 cm³/mol. The molecule has 1 N–H and O–H groups in total. The van der Waals surface area contributed by atoms with Gasteiger partial charge >= 0.3 is 6.09 Å². The Morgan fingerprint density at radius 2 is 2.21 bits per heavy atom. The highest BCUT2D eigenvalue weighted by Crippen LogP contribution is 2.37. The molecule has 0 bridgehead atoms. The van der Waals surface area contributed by atoms with Gasteiger partial charge in [-0.1, -0.05) is 33.2 Å². The van der Waals surface area contributed by atoms with E-state index in [1.54, 1.807) is 20.8 Å². The first-order chi connectivity index (χ1) is 11.2. The van der Waals surface area contributed by atoms with Crippen molar-refractivity contribution in [3.63, 3.8) is 0 Å². The first-order valence-electron chi connectivity index (χ1n) is 7.03. The van der Waals surface area contributed by atoms with Crippen molar-refractivity contribution >= 4 is 38.5 Å². The van der Waals surface area contributed by atoms with Gasteiger partial charge in [0.15, 0.2) is 5.13 Å². The van der Waals surface area contributed by atoms with Gasteiger partial charge in [-0.15, -0.1) is 11.3 Å². The van der Waals surface area contributed by atoms with Crippen molar-refractivity contribution in [3.8, 4) is 11.3 Å². The van der Waals surface area contributed by atoms with Gasteiger partial charge in [-0.05, 0) is 38.4 Å². The Morgan fingerprint density at radius 3 is 2.75 bits per heavy atom. The molecule has 0 fully saturated rings. The second-order valence-corrected chi connectivity index (χ2v) is 7.93. The maximum atomic E-state index is 11.7. The molecule has 2 aromatic rings. The molecule has 0 saturated carbocycles. The van der Waals surface area contributed by atoms with Crippen LogP contribution in [0.25, 0.3) is 21.7 Å². The Bertz CT molecular complexity index is 808. The Labute approximate surface area is 151 Å². The van der Waals surface area contributed by atoms with Crippen LogP contribution in [0.1, 0.15) is 25.6 Å². The van der Waals surface area contributed by atoms with E-state index >= 15 is 0 Å². The number of hydrogen-bond donors (Lipinski definition) is 1. The van der Waals surface area contributed by atoms with Crippen molar-refractivity contribution < 1.29 is 9.90 Å². The zero-order valence-corrected chi connectivity index (χ0v) is 15.8. The topological polar surface area (TPSA) is 102 Å². The maximum absolute atomic E-state index is 11.7. The first kappa shape index (κ1) is 18.3. The van der Waals surface area contributed by atoms with Gasteiger partial charge in [0.2, 0.25) is 0 Å². The molecular formula is C15H16BrN5O2S. The summed E-state index contributed by atoms with van der Waals surface area (Å²) in [5.74, 6) is 0. The van der Waals surface area contributed by atoms with Crippen LogP contribution in [0.4, 0.5) is 9.93 Å². The third kappa shape index (κ3) is 4.05. The molecule has 1 aromatic heterocycles. The minimum Gasteiger partial charge on any atom is -0.465 e. The third-order valence-electron chi connectivity index (χ3n) is 3.12. The van der Waals surface area contributed by atoms with Crippen LogP contribution in [0, 0.1) is 0 Å². The number of carboxylic acid groups (broad SMARTS) is 1. The van der Waals surface area contributed by atoms with Gasteiger partial charge in [-0.3, -0.25) is 0 Å². The average Bonchev–Trinajstić information content (AvgIpc) is 2.86. The lowest BCUT2D eigenvalue weighted by Gasteiger charge is -2.30. The van der Waals surface area contributed by atoms with Crippen LogP contribution in [0.2, 0.25) is 0 Å². The maximum Gasteiger partial charge on any atom is 0.414 e. The number of amides is 1. The standard InChI is InChI=1S/C15H16BrN5O2S/c1-15(2,3)21(14(22)23)13-19-12(11(24-13)8-18-20-17)9-5-4-6-10(16)7-9/h4-7H,8H2,1-3H3,(H,22,23). The molecule has 9 heteroatoms. The zero-order chi connectivity index (χ0) is 17.9. The summed E-state index contributed by atoms with van der Waals surface area (Å²) in [7, 11) is 0. The average molecular weight is 410 g/mol. The largest absolute Gasteiger partial charge is 0.465 e. The summed E-state index contributed by atoms with van der Waals surface area (Å²) in [6.07, 6.45) is -1.08. The molecule has 7 nitrogen and oxygen atoms in total. The van der Waals surface area contributed by atoms with Crippen molar-refractivity contribution in [2.75, 3.05) is 4.90 Å². The van der Waals surface area contributed by atoms with Crippen LogP contribution in [-0.4, -0.2) is 21.7 Å². The van der Waals surface area contributed by atoms with E-state index in [0.29, 0.717) is 10.8 Å². The SMILES string of the molecule is CC(C)(C)N(C(=O)O)c1nc(-c2cccc(Br)c2)c(CN=[N+]=[N-])s1. The third-order valence-corrected chi connectivity index (χ3v) is 4.63. The zero-order valence-electron chi connectivity index (χ0n) is 13.4. The molecule has 0 aliphatic heterocycles. The van der Waals surface area contributed by atoms with Gasteiger partial charge < -0.3 is 5.11 Å². The van der Waals surface area contributed by atoms with Gasteiger partial charge in [0.05, 0.1) is 12.2 Å². The number of halogens is 1. The van der Waals surface area contributed by atoms with Crippen LogP contribution < -0.4 is 4.90 Å². The van der Waals surface area contributed by atoms with E-state index in [0.717, 1.165) is 14.9 Å². The highest BCUT2D eigenvalue weighted by atomic mass is 79.9. The summed E-state index contributed by atoms with van der Waals surface area (Å²) in [6.45, 7) is 5.52. The number of carbonyl (C=O) groups is 1. The fourth-order valence-electron chi connectivity index (χ4n) is 2.15. The first-order valence-corrected chi connectivity index (χ1v) is 8.64. The predicted octanol–water partition coefficient (Wildman–Crippen LogP) is 5.67. The highest BCUT2D eigenvalue weighted by molar-refractivity contribution is 9.10. The quantitative estimate of drug-likeness (QED) is 0.399. The summed E-state index contributed by atoms with van der Waals surface area (Å²) in [5, 5.41) is 13.5. The molecule has 0 saturated heterocycles. The van der Waals surface area contributed by atoms with E-state index < -0.39 is 11.6 Å². The molecule has 0 atom stereocenters. The number of azide groups is 1. The number of anilines is 1. The second kappa shape index (κ2) is 7.21. The minimum atomic E-state index is -1.08. The summed E-state index contributed by atoms with van der Waals surface area (Å²) < 4.78 is 0.884. The lowest BCUT2D eigenvalue weighted by molar-refractivity contribution is 0.195. The van der Waals surface area contributed by atoms with E-state index in [-0.39, 0.29) is 6.54 Å². The van der Waals surface area contributed by atoms with E-state index in [2.05, 4.69) is 30.9 Å². The molecule has 0 aliphatic rings. The van der Waals surface area contributed by atoms with E-state index in [4.69, 9.17) is 5.53 Å². The highest BCUT2D eigenvalue weighted by Gasteiger charge is 2.31.